The maximum Gasteiger partial charge on any atom is 0.307 e. The van der Waals surface area contributed by atoms with Crippen LogP contribution in [0.2, 0.25) is 5.02 Å². The SMILES string of the molecule is CC(C(=O)O)C(C)C(=O)Nc1ccc(N(C)C)c(Cl)c1. The molecule has 0 radical (unpaired) electrons. The van der Waals surface area contributed by atoms with Crippen LogP contribution in [0.4, 0.5) is 11.4 Å². The number of carboxylic acids is 1. The summed E-state index contributed by atoms with van der Waals surface area (Å²) in [6, 6.07) is 5.17. The van der Waals surface area contributed by atoms with Crippen molar-refractivity contribution in [2.75, 3.05) is 24.3 Å². The number of halogens is 1. The molecule has 1 rings (SSSR count). The number of anilines is 2. The third-order valence-electron chi connectivity index (χ3n) is 3.25. The molecule has 20 heavy (non-hydrogen) atoms. The van der Waals surface area contributed by atoms with Crippen LogP contribution in [-0.2, 0) is 9.59 Å². The molecule has 5 nitrogen and oxygen atoms in total. The molecule has 2 N–H and O–H groups in total. The van der Waals surface area contributed by atoms with Crippen molar-refractivity contribution in [3.8, 4) is 0 Å². The van der Waals surface area contributed by atoms with Crippen molar-refractivity contribution >= 4 is 34.9 Å². The Kier molecular flexibility index (Phi) is 5.39. The van der Waals surface area contributed by atoms with E-state index in [1.165, 1.54) is 6.92 Å². The quantitative estimate of drug-likeness (QED) is 0.877. The van der Waals surface area contributed by atoms with Crippen LogP contribution in [0.3, 0.4) is 0 Å². The molecule has 0 saturated carbocycles. The highest BCUT2D eigenvalue weighted by molar-refractivity contribution is 6.33. The Labute approximate surface area is 123 Å². The largest absolute Gasteiger partial charge is 0.481 e. The van der Waals surface area contributed by atoms with E-state index >= 15 is 0 Å². The molecule has 0 fully saturated rings. The van der Waals surface area contributed by atoms with Gasteiger partial charge in [0.05, 0.1) is 16.6 Å². The van der Waals surface area contributed by atoms with Gasteiger partial charge in [-0.1, -0.05) is 25.4 Å². The molecule has 2 atom stereocenters. The maximum atomic E-state index is 12.0. The second kappa shape index (κ2) is 6.61. The predicted octanol–water partition coefficient (Wildman–Crippen LogP) is 2.70. The molecule has 0 aromatic heterocycles. The Morgan fingerprint density at radius 3 is 2.30 bits per heavy atom. The summed E-state index contributed by atoms with van der Waals surface area (Å²) >= 11 is 6.11. The van der Waals surface area contributed by atoms with E-state index in [9.17, 15) is 9.59 Å². The lowest BCUT2D eigenvalue weighted by atomic mass is 9.95. The summed E-state index contributed by atoms with van der Waals surface area (Å²) in [5.74, 6) is -2.70. The van der Waals surface area contributed by atoms with Crippen molar-refractivity contribution in [3.05, 3.63) is 23.2 Å². The number of carbonyl (C=O) groups is 2. The molecular weight excluding hydrogens is 280 g/mol. The Morgan fingerprint density at radius 1 is 1.25 bits per heavy atom. The van der Waals surface area contributed by atoms with Crippen LogP contribution in [0.1, 0.15) is 13.8 Å². The zero-order valence-corrected chi connectivity index (χ0v) is 12.7. The number of carbonyl (C=O) groups excluding carboxylic acids is 1. The number of hydrogen-bond donors (Lipinski definition) is 2. The second-order valence-electron chi connectivity index (χ2n) is 4.97. The third-order valence-corrected chi connectivity index (χ3v) is 3.55. The van der Waals surface area contributed by atoms with Gasteiger partial charge < -0.3 is 15.3 Å². The van der Waals surface area contributed by atoms with Gasteiger partial charge in [-0.25, -0.2) is 0 Å². The highest BCUT2D eigenvalue weighted by atomic mass is 35.5. The topological polar surface area (TPSA) is 69.6 Å². The average molecular weight is 299 g/mol. The molecule has 110 valence electrons. The van der Waals surface area contributed by atoms with Gasteiger partial charge in [0.15, 0.2) is 0 Å². The first-order chi connectivity index (χ1) is 9.23. The van der Waals surface area contributed by atoms with Gasteiger partial charge in [-0.2, -0.15) is 0 Å². The fraction of sp³-hybridized carbons (Fsp3) is 0.429. The number of amides is 1. The van der Waals surface area contributed by atoms with Gasteiger partial charge >= 0.3 is 5.97 Å². The van der Waals surface area contributed by atoms with Gasteiger partial charge in [-0.05, 0) is 18.2 Å². The first-order valence-electron chi connectivity index (χ1n) is 6.24. The standard InChI is InChI=1S/C14H19ClN2O3/c1-8(9(2)14(19)20)13(18)16-10-5-6-12(17(3)4)11(15)7-10/h5-9H,1-4H3,(H,16,18)(H,19,20). The van der Waals surface area contributed by atoms with Crippen LogP contribution >= 0.6 is 11.6 Å². The molecule has 6 heteroatoms. The monoisotopic (exact) mass is 298 g/mol. The van der Waals surface area contributed by atoms with E-state index in [4.69, 9.17) is 16.7 Å². The van der Waals surface area contributed by atoms with Crippen LogP contribution in [0.25, 0.3) is 0 Å². The number of nitrogens with one attached hydrogen (secondary N) is 1. The summed E-state index contributed by atoms with van der Waals surface area (Å²) in [6.07, 6.45) is 0. The van der Waals surface area contributed by atoms with Crippen LogP contribution in [0.15, 0.2) is 18.2 Å². The molecule has 0 bridgehead atoms. The van der Waals surface area contributed by atoms with E-state index in [2.05, 4.69) is 5.32 Å². The van der Waals surface area contributed by atoms with Crippen LogP contribution in [0, 0.1) is 11.8 Å². The number of nitrogens with zero attached hydrogens (tertiary/aromatic N) is 1. The first kappa shape index (κ1) is 16.3. The van der Waals surface area contributed by atoms with Crippen molar-refractivity contribution in [1.82, 2.24) is 0 Å². The number of hydrogen-bond acceptors (Lipinski definition) is 3. The lowest BCUT2D eigenvalue weighted by Gasteiger charge is -2.18. The molecule has 2 unspecified atom stereocenters. The molecule has 0 aliphatic rings. The first-order valence-corrected chi connectivity index (χ1v) is 6.62. The van der Waals surface area contributed by atoms with Crippen LogP contribution in [-0.4, -0.2) is 31.1 Å². The Bertz CT molecular complexity index is 517. The van der Waals surface area contributed by atoms with E-state index in [0.29, 0.717) is 10.7 Å². The van der Waals surface area contributed by atoms with Crippen LogP contribution in [0.5, 0.6) is 0 Å². The fourth-order valence-electron chi connectivity index (χ4n) is 1.64. The minimum atomic E-state index is -0.992. The maximum absolute atomic E-state index is 12.0. The number of benzene rings is 1. The van der Waals surface area contributed by atoms with E-state index < -0.39 is 17.8 Å². The fourth-order valence-corrected chi connectivity index (χ4v) is 1.99. The normalized spacial score (nSPS) is 13.4. The summed E-state index contributed by atoms with van der Waals surface area (Å²) in [6.45, 7) is 3.10. The van der Waals surface area contributed by atoms with E-state index in [1.807, 2.05) is 19.0 Å². The lowest BCUT2D eigenvalue weighted by molar-refractivity contribution is -0.145. The van der Waals surface area contributed by atoms with Gasteiger partial charge in [0, 0.05) is 25.7 Å². The van der Waals surface area contributed by atoms with E-state index in [-0.39, 0.29) is 5.91 Å². The molecular formula is C14H19ClN2O3. The molecule has 1 aromatic rings. The van der Waals surface area contributed by atoms with Crippen molar-refractivity contribution in [2.45, 2.75) is 13.8 Å². The highest BCUT2D eigenvalue weighted by Crippen LogP contribution is 2.27. The van der Waals surface area contributed by atoms with Crippen LogP contribution < -0.4 is 10.2 Å². The zero-order chi connectivity index (χ0) is 15.4. The molecule has 1 aromatic carbocycles. The molecule has 0 heterocycles. The molecule has 1 amide bonds. The minimum absolute atomic E-state index is 0.339. The van der Waals surface area contributed by atoms with Crippen molar-refractivity contribution in [1.29, 1.82) is 0 Å². The molecule has 0 spiro atoms. The van der Waals surface area contributed by atoms with Gasteiger partial charge in [0.25, 0.3) is 0 Å². The highest BCUT2D eigenvalue weighted by Gasteiger charge is 2.25. The number of aliphatic carboxylic acids is 1. The molecule has 0 aliphatic heterocycles. The second-order valence-corrected chi connectivity index (χ2v) is 5.37. The van der Waals surface area contributed by atoms with Gasteiger partial charge in [-0.15, -0.1) is 0 Å². The van der Waals surface area contributed by atoms with Gasteiger partial charge in [-0.3, -0.25) is 9.59 Å². The summed E-state index contributed by atoms with van der Waals surface area (Å²) in [5.41, 5.74) is 1.40. The average Bonchev–Trinajstić information content (AvgIpc) is 2.36. The lowest BCUT2D eigenvalue weighted by Crippen LogP contribution is -2.29. The summed E-state index contributed by atoms with van der Waals surface area (Å²) in [7, 11) is 3.74. The van der Waals surface area contributed by atoms with Crippen molar-refractivity contribution in [3.63, 3.8) is 0 Å². The van der Waals surface area contributed by atoms with Gasteiger partial charge in [0.2, 0.25) is 5.91 Å². The smallest absolute Gasteiger partial charge is 0.307 e. The summed E-state index contributed by atoms with van der Waals surface area (Å²) in [5, 5.41) is 12.1. The Morgan fingerprint density at radius 2 is 1.85 bits per heavy atom. The zero-order valence-electron chi connectivity index (χ0n) is 12.0. The van der Waals surface area contributed by atoms with Gasteiger partial charge in [0.1, 0.15) is 0 Å². The van der Waals surface area contributed by atoms with Crippen molar-refractivity contribution < 1.29 is 14.7 Å². The van der Waals surface area contributed by atoms with Crippen molar-refractivity contribution in [2.24, 2.45) is 11.8 Å². The van der Waals surface area contributed by atoms with E-state index in [0.717, 1.165) is 5.69 Å². The Hall–Kier alpha value is -1.75. The number of rotatable bonds is 5. The predicted molar refractivity (Wildman–Crippen MR) is 80.4 cm³/mol. The minimum Gasteiger partial charge on any atom is -0.481 e. The Balaban J connectivity index is 2.81. The summed E-state index contributed by atoms with van der Waals surface area (Å²) in [4.78, 5) is 24.7. The summed E-state index contributed by atoms with van der Waals surface area (Å²) < 4.78 is 0. The third kappa shape index (κ3) is 3.87. The molecule has 0 aliphatic carbocycles. The van der Waals surface area contributed by atoms with E-state index in [1.54, 1.807) is 25.1 Å². The molecule has 0 saturated heterocycles. The number of carboxylic acid groups (broad SMARTS) is 1.